The lowest BCUT2D eigenvalue weighted by Gasteiger charge is -1.99. The summed E-state index contributed by atoms with van der Waals surface area (Å²) in [7, 11) is 0. The van der Waals surface area contributed by atoms with Crippen LogP contribution in [0.15, 0.2) is 76.2 Å². The Labute approximate surface area is 170 Å². The summed E-state index contributed by atoms with van der Waals surface area (Å²) in [6.45, 7) is 4.00. The SMILES string of the molecule is CC.O=c1oc2ccccc2cc1-c1cn2cc(Cc3ccc(F)cc3)sc2n1. The third-order valence-electron chi connectivity index (χ3n) is 4.41. The van der Waals surface area contributed by atoms with E-state index >= 15 is 0 Å². The van der Waals surface area contributed by atoms with Crippen molar-refractivity contribution in [3.8, 4) is 11.3 Å². The van der Waals surface area contributed by atoms with Crippen LogP contribution < -0.4 is 5.63 Å². The van der Waals surface area contributed by atoms with E-state index in [0.29, 0.717) is 23.3 Å². The highest BCUT2D eigenvalue weighted by atomic mass is 32.1. The van der Waals surface area contributed by atoms with Gasteiger partial charge in [-0.1, -0.05) is 44.2 Å². The summed E-state index contributed by atoms with van der Waals surface area (Å²) in [5, 5.41) is 0.862. The molecule has 5 aromatic rings. The van der Waals surface area contributed by atoms with Gasteiger partial charge in [0.1, 0.15) is 11.4 Å². The Balaban J connectivity index is 0.000000994. The zero-order valence-electron chi connectivity index (χ0n) is 16.1. The highest BCUT2D eigenvalue weighted by Crippen LogP contribution is 2.25. The average Bonchev–Trinajstić information content (AvgIpc) is 3.29. The predicted octanol–water partition coefficient (Wildman–Crippen LogP) is 5.93. The van der Waals surface area contributed by atoms with E-state index in [-0.39, 0.29) is 5.82 Å². The minimum atomic E-state index is -0.397. The normalized spacial score (nSPS) is 10.9. The van der Waals surface area contributed by atoms with Crippen molar-refractivity contribution in [3.05, 3.63) is 93.7 Å². The maximum atomic E-state index is 13.0. The van der Waals surface area contributed by atoms with E-state index < -0.39 is 5.63 Å². The fourth-order valence-electron chi connectivity index (χ4n) is 3.10. The van der Waals surface area contributed by atoms with Crippen molar-refractivity contribution in [2.24, 2.45) is 0 Å². The fraction of sp³-hybridized carbons (Fsp3) is 0.130. The van der Waals surface area contributed by atoms with Crippen LogP contribution in [0.25, 0.3) is 27.2 Å². The molecule has 3 heterocycles. The van der Waals surface area contributed by atoms with E-state index in [4.69, 9.17) is 4.42 Å². The van der Waals surface area contributed by atoms with E-state index in [1.807, 2.05) is 54.9 Å². The summed E-state index contributed by atoms with van der Waals surface area (Å²) in [5.74, 6) is -0.237. The van der Waals surface area contributed by atoms with E-state index in [1.165, 1.54) is 12.1 Å². The van der Waals surface area contributed by atoms with Crippen LogP contribution in [0.3, 0.4) is 0 Å². The number of hydrogen-bond acceptors (Lipinski definition) is 4. The zero-order chi connectivity index (χ0) is 20.4. The van der Waals surface area contributed by atoms with Crippen molar-refractivity contribution in [1.82, 2.24) is 9.38 Å². The molecule has 4 nitrogen and oxygen atoms in total. The van der Waals surface area contributed by atoms with Crippen LogP contribution in [-0.4, -0.2) is 9.38 Å². The van der Waals surface area contributed by atoms with E-state index in [2.05, 4.69) is 4.98 Å². The van der Waals surface area contributed by atoms with Crippen LogP contribution in [-0.2, 0) is 6.42 Å². The van der Waals surface area contributed by atoms with Gasteiger partial charge >= 0.3 is 5.63 Å². The molecule has 146 valence electrons. The maximum absolute atomic E-state index is 13.0. The highest BCUT2D eigenvalue weighted by Gasteiger charge is 2.13. The monoisotopic (exact) mass is 406 g/mol. The molecule has 0 N–H and O–H groups in total. The molecule has 0 saturated carbocycles. The molecule has 3 aromatic heterocycles. The molecular weight excluding hydrogens is 387 g/mol. The molecule has 0 aliphatic rings. The molecule has 0 aliphatic heterocycles. The molecular formula is C23H19FN2O2S. The highest BCUT2D eigenvalue weighted by molar-refractivity contribution is 7.17. The first-order valence-electron chi connectivity index (χ1n) is 9.41. The lowest BCUT2D eigenvalue weighted by molar-refractivity contribution is 0.563. The molecule has 0 amide bonds. The first-order valence-corrected chi connectivity index (χ1v) is 10.2. The van der Waals surface area contributed by atoms with Gasteiger partial charge in [0.05, 0.1) is 11.3 Å². The van der Waals surface area contributed by atoms with E-state index in [9.17, 15) is 9.18 Å². The number of hydrogen-bond donors (Lipinski definition) is 0. The molecule has 0 fully saturated rings. The summed E-state index contributed by atoms with van der Waals surface area (Å²) in [6, 6.07) is 15.7. The van der Waals surface area contributed by atoms with Crippen molar-refractivity contribution in [1.29, 1.82) is 0 Å². The quantitative estimate of drug-likeness (QED) is 0.349. The first-order chi connectivity index (χ1) is 14.2. The van der Waals surface area contributed by atoms with Gasteiger partial charge in [-0.05, 0) is 29.8 Å². The Bertz CT molecular complexity index is 1300. The first kappa shape index (κ1) is 19.1. The van der Waals surface area contributed by atoms with Crippen molar-refractivity contribution in [3.63, 3.8) is 0 Å². The van der Waals surface area contributed by atoms with Crippen molar-refractivity contribution in [2.75, 3.05) is 0 Å². The summed E-state index contributed by atoms with van der Waals surface area (Å²) in [5.41, 5.74) is 2.25. The van der Waals surface area contributed by atoms with Crippen LogP contribution in [0, 0.1) is 5.82 Å². The Hall–Kier alpha value is -3.25. The van der Waals surface area contributed by atoms with Gasteiger partial charge in [0.15, 0.2) is 4.96 Å². The second kappa shape index (κ2) is 8.01. The van der Waals surface area contributed by atoms with E-state index in [0.717, 1.165) is 20.8 Å². The second-order valence-electron chi connectivity index (χ2n) is 6.30. The van der Waals surface area contributed by atoms with Crippen LogP contribution in [0.2, 0.25) is 0 Å². The van der Waals surface area contributed by atoms with Crippen molar-refractivity contribution >= 4 is 27.3 Å². The van der Waals surface area contributed by atoms with E-state index in [1.54, 1.807) is 29.5 Å². The number of thiazole rings is 1. The molecule has 0 spiro atoms. The minimum Gasteiger partial charge on any atom is -0.422 e. The number of nitrogens with zero attached hydrogens (tertiary/aromatic N) is 2. The standard InChI is InChI=1S/C21H13FN2O2S.C2H6/c22-15-7-5-13(6-8-15)9-16-11-24-12-18(23-21(24)27-16)17-10-14-3-1-2-4-19(14)26-20(17)25;1-2/h1-8,10-12H,9H2;1-2H3. The predicted molar refractivity (Wildman–Crippen MR) is 115 cm³/mol. The van der Waals surface area contributed by atoms with Crippen LogP contribution in [0.5, 0.6) is 0 Å². The second-order valence-corrected chi connectivity index (χ2v) is 7.40. The third-order valence-corrected chi connectivity index (χ3v) is 5.41. The molecule has 0 aliphatic carbocycles. The number of imidazole rings is 1. The molecule has 0 radical (unpaired) electrons. The largest absolute Gasteiger partial charge is 0.422 e. The lowest BCUT2D eigenvalue weighted by atomic mass is 10.1. The van der Waals surface area contributed by atoms with Gasteiger partial charge in [-0.25, -0.2) is 14.2 Å². The Morgan fingerprint density at radius 1 is 1.07 bits per heavy atom. The Morgan fingerprint density at radius 2 is 1.83 bits per heavy atom. The third kappa shape index (κ3) is 3.84. The topological polar surface area (TPSA) is 47.5 Å². The molecule has 0 bridgehead atoms. The summed E-state index contributed by atoms with van der Waals surface area (Å²) in [6.07, 6.45) is 4.53. The summed E-state index contributed by atoms with van der Waals surface area (Å²) in [4.78, 5) is 18.8. The van der Waals surface area contributed by atoms with Gasteiger partial charge in [0, 0.05) is 29.1 Å². The number of fused-ring (bicyclic) bond motifs is 2. The average molecular weight is 406 g/mol. The Morgan fingerprint density at radius 3 is 2.59 bits per heavy atom. The molecule has 5 rings (SSSR count). The molecule has 29 heavy (non-hydrogen) atoms. The summed E-state index contributed by atoms with van der Waals surface area (Å²) >= 11 is 1.55. The zero-order valence-corrected chi connectivity index (χ0v) is 16.9. The molecule has 0 saturated heterocycles. The number of halogens is 1. The van der Waals surface area contributed by atoms with Gasteiger partial charge in [0.25, 0.3) is 0 Å². The fourth-order valence-corrected chi connectivity index (χ4v) is 4.09. The molecule has 0 atom stereocenters. The van der Waals surface area contributed by atoms with Gasteiger partial charge < -0.3 is 4.42 Å². The minimum absolute atomic E-state index is 0.237. The number of benzene rings is 2. The van der Waals surface area contributed by atoms with Gasteiger partial charge in [-0.2, -0.15) is 0 Å². The number of aromatic nitrogens is 2. The lowest BCUT2D eigenvalue weighted by Crippen LogP contribution is -2.02. The van der Waals surface area contributed by atoms with Crippen LogP contribution in [0.4, 0.5) is 4.39 Å². The molecule has 2 aromatic carbocycles. The number of rotatable bonds is 3. The van der Waals surface area contributed by atoms with Gasteiger partial charge in [-0.3, -0.25) is 4.40 Å². The van der Waals surface area contributed by atoms with Crippen LogP contribution in [0.1, 0.15) is 24.3 Å². The van der Waals surface area contributed by atoms with Crippen molar-refractivity contribution in [2.45, 2.75) is 20.3 Å². The molecule has 6 heteroatoms. The number of para-hydroxylation sites is 1. The van der Waals surface area contributed by atoms with Crippen LogP contribution >= 0.6 is 11.3 Å². The molecule has 0 unspecified atom stereocenters. The Kier molecular flexibility index (Phi) is 5.27. The maximum Gasteiger partial charge on any atom is 0.345 e. The van der Waals surface area contributed by atoms with Crippen molar-refractivity contribution < 1.29 is 8.81 Å². The van der Waals surface area contributed by atoms with Gasteiger partial charge in [-0.15, -0.1) is 11.3 Å². The van der Waals surface area contributed by atoms with Gasteiger partial charge in [0.2, 0.25) is 0 Å². The summed E-state index contributed by atoms with van der Waals surface area (Å²) < 4.78 is 20.3. The smallest absolute Gasteiger partial charge is 0.345 e.